The fraction of sp³-hybridized carbons (Fsp3) is 0.581. The fourth-order valence-electron chi connectivity index (χ4n) is 5.34. The number of hydrogen-bond acceptors (Lipinski definition) is 5. The van der Waals surface area contributed by atoms with E-state index in [1.54, 1.807) is 25.1 Å². The Hall–Kier alpha value is -2.60. The summed E-state index contributed by atoms with van der Waals surface area (Å²) >= 11 is -0.104. The Morgan fingerprint density at radius 3 is 2.20 bits per heavy atom. The second kappa shape index (κ2) is 13.6. The topological polar surface area (TPSA) is 116 Å². The van der Waals surface area contributed by atoms with Crippen LogP contribution in [0.3, 0.4) is 0 Å². The zero-order chi connectivity index (χ0) is 31.4. The number of alkyl halides is 1. The molecule has 0 spiro atoms. The van der Waals surface area contributed by atoms with Crippen molar-refractivity contribution in [3.8, 4) is 0 Å². The molecule has 9 nitrogen and oxygen atoms in total. The predicted octanol–water partition coefficient (Wildman–Crippen LogP) is 1.13. The van der Waals surface area contributed by atoms with Gasteiger partial charge in [0.2, 0.25) is 0 Å². The van der Waals surface area contributed by atoms with E-state index < -0.39 is 34.9 Å². The van der Waals surface area contributed by atoms with E-state index in [2.05, 4.69) is 48.1 Å². The van der Waals surface area contributed by atoms with Gasteiger partial charge in [-0.15, -0.1) is 0 Å². The Balaban J connectivity index is 2.46. The van der Waals surface area contributed by atoms with Crippen LogP contribution in [0, 0.1) is 11.3 Å². The molecule has 0 saturated carbocycles. The number of rotatable bonds is 12. The van der Waals surface area contributed by atoms with Gasteiger partial charge in [-0.1, -0.05) is 40.7 Å². The summed E-state index contributed by atoms with van der Waals surface area (Å²) in [7, 11) is 5.44. The van der Waals surface area contributed by atoms with Crippen molar-refractivity contribution in [1.29, 1.82) is 0 Å². The number of nitrogens with zero attached hydrogens (tertiary/aromatic N) is 2. The number of carbonyl (C=O) groups excluding carboxylic acids is 2. The van der Waals surface area contributed by atoms with Crippen LogP contribution in [0.5, 0.6) is 0 Å². The molecule has 0 bridgehead atoms. The first-order chi connectivity index (χ1) is 18.9. The molecule has 1 heterocycles. The number of amides is 2. The molecule has 0 aliphatic carbocycles. The maximum atomic E-state index is 14.0. The number of fused-ring (bicyclic) bond motifs is 1. The van der Waals surface area contributed by atoms with E-state index in [1.807, 2.05) is 55.5 Å². The number of aryl methyl sites for hydroxylation is 1. The van der Waals surface area contributed by atoms with Crippen molar-refractivity contribution in [2.45, 2.75) is 78.9 Å². The van der Waals surface area contributed by atoms with E-state index in [9.17, 15) is 19.5 Å². The van der Waals surface area contributed by atoms with Crippen molar-refractivity contribution in [3.05, 3.63) is 41.6 Å². The minimum atomic E-state index is -1.02. The quantitative estimate of drug-likeness (QED) is 0.116. The molecule has 4 N–H and O–H groups in total. The summed E-state index contributed by atoms with van der Waals surface area (Å²) in [5.74, 6) is -1.59. The number of aliphatic carboxylic acids is 1. The minimum absolute atomic E-state index is 0.0279. The standard InChI is InChI=1S/C31H49IN5O4/c1-18(2)23(15-19(3)29(40)41)37(12)28(39)26(30(4,5)6)34-27(38)25(33-10)31(7,8)22-17-36(11)24-16-20(35-32-9)13-14-21(22)24/h13-18,23,25-26,33,35H,1-12H3,(H,34,38)(H,40,41)/q-1/b19-15+/t23-,25-,26-/m1/s1. The summed E-state index contributed by atoms with van der Waals surface area (Å²) in [5.41, 5.74) is 2.16. The van der Waals surface area contributed by atoms with Crippen LogP contribution in [0.4, 0.5) is 5.69 Å². The summed E-state index contributed by atoms with van der Waals surface area (Å²) < 4.78 is 5.55. The molecule has 0 radical (unpaired) electrons. The Morgan fingerprint density at radius 2 is 1.71 bits per heavy atom. The molecular weight excluding hydrogens is 633 g/mol. The molecule has 0 aliphatic rings. The molecule has 1 aromatic heterocycles. The fourth-order valence-corrected chi connectivity index (χ4v) is 6.30. The maximum absolute atomic E-state index is 14.0. The second-order valence-electron chi connectivity index (χ2n) is 12.8. The number of carboxylic acid groups (broad SMARTS) is 1. The SMILES string of the molecule is CN[C@H](C(=O)N[C@H](C(=O)N(C)[C@H](/C=C(\C)C(=O)O)C(C)C)C(C)(C)C)C(C)(C)c1cn(C)c2cc(N[I-]C)ccc12. The van der Waals surface area contributed by atoms with Gasteiger partial charge in [0.05, 0.1) is 6.04 Å². The van der Waals surface area contributed by atoms with E-state index in [-0.39, 0.29) is 44.8 Å². The van der Waals surface area contributed by atoms with Gasteiger partial charge in [0.25, 0.3) is 0 Å². The van der Waals surface area contributed by atoms with Crippen molar-refractivity contribution < 1.29 is 41.0 Å². The molecule has 0 aliphatic heterocycles. The third-order valence-electron chi connectivity index (χ3n) is 7.80. The van der Waals surface area contributed by atoms with Gasteiger partial charge >= 0.3 is 165 Å². The molecule has 2 aromatic rings. The predicted molar refractivity (Wildman–Crippen MR) is 163 cm³/mol. The van der Waals surface area contributed by atoms with Crippen molar-refractivity contribution in [1.82, 2.24) is 20.1 Å². The van der Waals surface area contributed by atoms with E-state index in [0.717, 1.165) is 22.2 Å². The van der Waals surface area contributed by atoms with E-state index in [1.165, 1.54) is 6.92 Å². The molecule has 1 aromatic carbocycles. The Morgan fingerprint density at radius 1 is 1.10 bits per heavy atom. The van der Waals surface area contributed by atoms with Gasteiger partial charge < -0.3 is 10.0 Å². The van der Waals surface area contributed by atoms with Crippen molar-refractivity contribution in [3.63, 3.8) is 0 Å². The van der Waals surface area contributed by atoms with E-state index >= 15 is 0 Å². The summed E-state index contributed by atoms with van der Waals surface area (Å²) in [6.07, 6.45) is 3.69. The zero-order valence-corrected chi connectivity index (χ0v) is 28.8. The van der Waals surface area contributed by atoms with Gasteiger partial charge in [-0.2, -0.15) is 0 Å². The number of carboxylic acids is 1. The van der Waals surface area contributed by atoms with Gasteiger partial charge in [-0.05, 0) is 12.8 Å². The number of anilines is 1. The molecule has 0 fully saturated rings. The molecule has 2 rings (SSSR count). The van der Waals surface area contributed by atoms with Crippen molar-refractivity contribution in [2.75, 3.05) is 22.6 Å². The first-order valence-electron chi connectivity index (χ1n) is 13.9. The summed E-state index contributed by atoms with van der Waals surface area (Å²) in [6.45, 7) is 15.2. The van der Waals surface area contributed by atoms with Crippen LogP contribution in [-0.2, 0) is 26.8 Å². The van der Waals surface area contributed by atoms with Crippen LogP contribution in [0.1, 0.15) is 61.0 Å². The van der Waals surface area contributed by atoms with E-state index in [0.29, 0.717) is 0 Å². The normalized spacial score (nSPS) is 15.1. The Bertz CT molecular complexity index is 1290. The van der Waals surface area contributed by atoms with Crippen LogP contribution in [-0.4, -0.2) is 69.5 Å². The number of benzene rings is 1. The number of halogens is 1. The molecule has 10 heteroatoms. The van der Waals surface area contributed by atoms with Gasteiger partial charge in [-0.25, -0.2) is 4.79 Å². The zero-order valence-electron chi connectivity index (χ0n) is 26.6. The summed E-state index contributed by atoms with van der Waals surface area (Å²) in [4.78, 5) is 43.1. The van der Waals surface area contributed by atoms with Crippen LogP contribution < -0.4 is 35.6 Å². The number of hydrogen-bond donors (Lipinski definition) is 4. The molecule has 230 valence electrons. The summed E-state index contributed by atoms with van der Waals surface area (Å²) in [5, 5.41) is 16.8. The van der Waals surface area contributed by atoms with Gasteiger partial charge in [0.1, 0.15) is 0 Å². The monoisotopic (exact) mass is 682 g/mol. The number of carbonyl (C=O) groups is 3. The average Bonchev–Trinajstić information content (AvgIpc) is 3.21. The molecular formula is C31H49IN5O4-. The van der Waals surface area contributed by atoms with Crippen LogP contribution >= 0.6 is 0 Å². The van der Waals surface area contributed by atoms with Crippen molar-refractivity contribution >= 4 is 34.4 Å². The van der Waals surface area contributed by atoms with Gasteiger partial charge in [0, 0.05) is 12.6 Å². The van der Waals surface area contributed by atoms with Crippen LogP contribution in [0.2, 0.25) is 0 Å². The molecule has 2 amide bonds. The number of nitrogens with one attached hydrogen (secondary N) is 3. The van der Waals surface area contributed by atoms with Crippen molar-refractivity contribution in [2.24, 2.45) is 18.4 Å². The summed E-state index contributed by atoms with van der Waals surface area (Å²) in [6, 6.07) is 4.42. The molecule has 41 heavy (non-hydrogen) atoms. The Labute approximate surface area is 256 Å². The second-order valence-corrected chi connectivity index (χ2v) is 14.4. The number of aromatic nitrogens is 1. The molecule has 3 atom stereocenters. The first kappa shape index (κ1) is 34.6. The van der Waals surface area contributed by atoms with Crippen LogP contribution in [0.25, 0.3) is 10.9 Å². The average molecular weight is 683 g/mol. The first-order valence-corrected chi connectivity index (χ1v) is 17.1. The third kappa shape index (κ3) is 7.82. The number of likely N-dealkylation sites (N-methyl/N-ethyl adjacent to an activating group) is 2. The third-order valence-corrected chi connectivity index (χ3v) is 8.96. The van der Waals surface area contributed by atoms with Crippen LogP contribution in [0.15, 0.2) is 36.0 Å². The van der Waals surface area contributed by atoms with Gasteiger partial charge in [0.15, 0.2) is 0 Å². The Kier molecular flexibility index (Phi) is 11.5. The molecule has 0 saturated heterocycles. The van der Waals surface area contributed by atoms with Gasteiger partial charge in [-0.3, -0.25) is 4.79 Å². The van der Waals surface area contributed by atoms with E-state index in [4.69, 9.17) is 0 Å². The molecule has 0 unspecified atom stereocenters.